The lowest BCUT2D eigenvalue weighted by atomic mass is 10.0. The summed E-state index contributed by atoms with van der Waals surface area (Å²) in [5.74, 6) is -1.75. The van der Waals surface area contributed by atoms with Gasteiger partial charge in [-0.25, -0.2) is 13.8 Å². The van der Waals surface area contributed by atoms with Crippen molar-refractivity contribution in [3.63, 3.8) is 0 Å². The molecule has 4 aromatic carbocycles. The Morgan fingerprint density at radius 2 is 1.61 bits per heavy atom. The zero-order valence-electron chi connectivity index (χ0n) is 24.8. The average Bonchev–Trinajstić information content (AvgIpc) is 3.39. The van der Waals surface area contributed by atoms with Gasteiger partial charge in [0.2, 0.25) is 5.91 Å². The Labute approximate surface area is 275 Å². The smallest absolute Gasteiger partial charge is 0.219 e. The van der Waals surface area contributed by atoms with Crippen LogP contribution in [0.5, 0.6) is 0 Å². The van der Waals surface area contributed by atoms with E-state index in [1.165, 1.54) is 12.1 Å². The van der Waals surface area contributed by atoms with Gasteiger partial charge in [0.25, 0.3) is 0 Å². The highest BCUT2D eigenvalue weighted by Gasteiger charge is 2.19. The van der Waals surface area contributed by atoms with Gasteiger partial charge in [0, 0.05) is 49.9 Å². The molecule has 1 amide bonds. The van der Waals surface area contributed by atoms with E-state index < -0.39 is 23.6 Å². The number of aliphatic hydroxyl groups is 2. The molecule has 46 heavy (non-hydrogen) atoms. The summed E-state index contributed by atoms with van der Waals surface area (Å²) in [5.41, 5.74) is 10.8. The number of aromatic nitrogens is 2. The second-order valence-corrected chi connectivity index (χ2v) is 11.7. The normalized spacial score (nSPS) is 12.0. The summed E-state index contributed by atoms with van der Waals surface area (Å²) in [6.07, 6.45) is 0.0366. The minimum atomic E-state index is -0.940. The van der Waals surface area contributed by atoms with E-state index in [9.17, 15) is 23.8 Å². The van der Waals surface area contributed by atoms with E-state index in [0.717, 1.165) is 34.0 Å². The minimum absolute atomic E-state index is 0.0366. The summed E-state index contributed by atoms with van der Waals surface area (Å²) in [4.78, 5) is 18.9. The van der Waals surface area contributed by atoms with E-state index in [0.29, 0.717) is 46.6 Å². The van der Waals surface area contributed by atoms with Crippen LogP contribution in [0.4, 0.5) is 14.5 Å². The number of amides is 1. The van der Waals surface area contributed by atoms with Crippen molar-refractivity contribution in [1.29, 1.82) is 0 Å². The molecule has 0 spiro atoms. The van der Waals surface area contributed by atoms with Crippen molar-refractivity contribution in [2.24, 2.45) is 5.73 Å². The number of nitrogens with zero attached hydrogens (tertiary/aromatic N) is 3. The highest BCUT2D eigenvalue weighted by molar-refractivity contribution is 6.42. The third-order valence-corrected chi connectivity index (χ3v) is 8.41. The molecule has 0 fully saturated rings. The lowest BCUT2D eigenvalue weighted by Crippen LogP contribution is -2.29. The number of hydrogen-bond acceptors (Lipinski definition) is 6. The van der Waals surface area contributed by atoms with Gasteiger partial charge in [-0.3, -0.25) is 4.79 Å². The first-order valence-electron chi connectivity index (χ1n) is 14.6. The number of carbonyl (C=O) groups is 1. The summed E-state index contributed by atoms with van der Waals surface area (Å²) in [7, 11) is 0. The van der Waals surface area contributed by atoms with Gasteiger partial charge in [-0.05, 0) is 77.4 Å². The van der Waals surface area contributed by atoms with Crippen LogP contribution in [0.1, 0.15) is 29.2 Å². The van der Waals surface area contributed by atoms with Gasteiger partial charge < -0.3 is 30.7 Å². The molecule has 12 heteroatoms. The number of fused-ring (bicyclic) bond motifs is 1. The van der Waals surface area contributed by atoms with Crippen molar-refractivity contribution >= 4 is 45.8 Å². The van der Waals surface area contributed by atoms with E-state index in [2.05, 4.69) is 5.32 Å². The fourth-order valence-electron chi connectivity index (χ4n) is 5.40. The Morgan fingerprint density at radius 3 is 2.26 bits per heavy atom. The van der Waals surface area contributed by atoms with Crippen molar-refractivity contribution in [1.82, 2.24) is 14.9 Å². The van der Waals surface area contributed by atoms with Gasteiger partial charge in [0.15, 0.2) is 11.6 Å². The molecule has 0 aliphatic rings. The zero-order valence-corrected chi connectivity index (χ0v) is 26.3. The Bertz CT molecular complexity index is 1830. The average molecular weight is 669 g/mol. The lowest BCUT2D eigenvalue weighted by molar-refractivity contribution is -0.118. The quantitative estimate of drug-likeness (QED) is 0.118. The maximum atomic E-state index is 14.2. The van der Waals surface area contributed by atoms with E-state index in [1.807, 2.05) is 58.0 Å². The largest absolute Gasteiger partial charge is 0.395 e. The Kier molecular flexibility index (Phi) is 10.9. The van der Waals surface area contributed by atoms with Crippen LogP contribution in [0.25, 0.3) is 22.4 Å². The molecule has 240 valence electrons. The van der Waals surface area contributed by atoms with E-state index in [1.54, 1.807) is 12.1 Å². The van der Waals surface area contributed by atoms with Gasteiger partial charge >= 0.3 is 0 Å². The molecule has 0 aliphatic carbocycles. The third kappa shape index (κ3) is 7.83. The predicted octanol–water partition coefficient (Wildman–Crippen LogP) is 5.83. The van der Waals surface area contributed by atoms with E-state index in [-0.39, 0.29) is 26.2 Å². The second-order valence-electron chi connectivity index (χ2n) is 10.9. The van der Waals surface area contributed by atoms with Crippen LogP contribution in [0.2, 0.25) is 10.0 Å². The van der Waals surface area contributed by atoms with Crippen molar-refractivity contribution in [2.75, 3.05) is 31.2 Å². The van der Waals surface area contributed by atoms with Crippen molar-refractivity contribution in [3.05, 3.63) is 117 Å². The number of rotatable bonds is 14. The van der Waals surface area contributed by atoms with Crippen LogP contribution in [0.3, 0.4) is 0 Å². The summed E-state index contributed by atoms with van der Waals surface area (Å²) < 4.78 is 29.8. The molecule has 1 aromatic heterocycles. The number of nitrogens with two attached hydrogens (primary N) is 1. The molecule has 0 radical (unpaired) electrons. The van der Waals surface area contributed by atoms with Crippen LogP contribution in [-0.2, 0) is 17.9 Å². The minimum Gasteiger partial charge on any atom is -0.395 e. The number of halogens is 4. The molecule has 1 heterocycles. The number of primary amides is 1. The van der Waals surface area contributed by atoms with Crippen LogP contribution in [0.15, 0.2) is 78.9 Å². The molecular weight excluding hydrogens is 635 g/mol. The molecule has 1 unspecified atom stereocenters. The maximum absolute atomic E-state index is 14.2. The predicted molar refractivity (Wildman–Crippen MR) is 177 cm³/mol. The fourth-order valence-corrected chi connectivity index (χ4v) is 5.72. The summed E-state index contributed by atoms with van der Waals surface area (Å²) in [5, 5.41) is 23.1. The Balaban J connectivity index is 1.53. The first kappa shape index (κ1) is 33.3. The van der Waals surface area contributed by atoms with Crippen LogP contribution < -0.4 is 16.0 Å². The number of benzene rings is 4. The third-order valence-electron chi connectivity index (χ3n) is 7.67. The molecule has 5 aromatic rings. The summed E-state index contributed by atoms with van der Waals surface area (Å²) >= 11 is 12.2. The first-order valence-corrected chi connectivity index (χ1v) is 15.4. The number of carbonyl (C=O) groups excluding carboxylic acids is 1. The SMILES string of the molecule is NC(=O)CC(NCc1ccc(Cl)c(Cl)c1)c1ccc2c(c1)nc(-c1ccc(N(CCO)CCO)cc1)n2Cc1ccc(F)c(F)c1. The van der Waals surface area contributed by atoms with Gasteiger partial charge in [-0.2, -0.15) is 0 Å². The zero-order chi connectivity index (χ0) is 32.8. The van der Waals surface area contributed by atoms with Crippen LogP contribution >= 0.6 is 23.2 Å². The number of anilines is 1. The topological polar surface area (TPSA) is 117 Å². The van der Waals surface area contributed by atoms with E-state index in [4.69, 9.17) is 33.9 Å². The van der Waals surface area contributed by atoms with Gasteiger partial charge in [0.1, 0.15) is 5.82 Å². The molecule has 0 aliphatic heterocycles. The summed E-state index contributed by atoms with van der Waals surface area (Å²) in [6.45, 7) is 1.22. The maximum Gasteiger partial charge on any atom is 0.219 e. The van der Waals surface area contributed by atoms with Crippen LogP contribution in [0, 0.1) is 11.6 Å². The van der Waals surface area contributed by atoms with E-state index >= 15 is 0 Å². The molecular formula is C34H33Cl2F2N5O3. The van der Waals surface area contributed by atoms with Gasteiger partial charge in [0.05, 0.1) is 34.3 Å². The van der Waals surface area contributed by atoms with Crippen molar-refractivity contribution < 1.29 is 23.8 Å². The van der Waals surface area contributed by atoms with Gasteiger partial charge in [-0.1, -0.05) is 41.4 Å². The fraction of sp³-hybridized carbons (Fsp3) is 0.235. The van der Waals surface area contributed by atoms with Crippen molar-refractivity contribution in [3.8, 4) is 11.4 Å². The molecule has 8 nitrogen and oxygen atoms in total. The number of nitrogens with one attached hydrogen (secondary N) is 1. The number of imidazole rings is 1. The highest BCUT2D eigenvalue weighted by Crippen LogP contribution is 2.31. The molecule has 5 N–H and O–H groups in total. The number of aliphatic hydroxyl groups excluding tert-OH is 2. The summed E-state index contributed by atoms with van der Waals surface area (Å²) in [6, 6.07) is 21.8. The second kappa shape index (κ2) is 15.0. The molecule has 5 rings (SSSR count). The Hall–Kier alpha value is -4.06. The molecule has 0 bridgehead atoms. The Morgan fingerprint density at radius 1 is 0.891 bits per heavy atom. The molecule has 0 saturated carbocycles. The van der Waals surface area contributed by atoms with Crippen LogP contribution in [-0.4, -0.2) is 52.0 Å². The standard InChI is InChI=1S/C34H33Cl2F2N5O3/c35-26-8-1-21(15-27(26)36)19-40-30(18-33(39)46)24-5-10-32-31(17-24)41-34(43(32)20-22-2-9-28(37)29(38)16-22)23-3-6-25(7-4-23)42(11-13-44)12-14-45/h1-10,15-17,30,40,44-45H,11-14,18-20H2,(H2,39,46). The van der Waals surface area contributed by atoms with Crippen molar-refractivity contribution in [2.45, 2.75) is 25.6 Å². The lowest BCUT2D eigenvalue weighted by Gasteiger charge is -2.23. The highest BCUT2D eigenvalue weighted by atomic mass is 35.5. The molecule has 1 atom stereocenters. The number of hydrogen-bond donors (Lipinski definition) is 4. The molecule has 0 saturated heterocycles. The first-order chi connectivity index (χ1) is 22.2. The van der Waals surface area contributed by atoms with Gasteiger partial charge in [-0.15, -0.1) is 0 Å². The monoisotopic (exact) mass is 667 g/mol.